The topological polar surface area (TPSA) is 49.4 Å². The van der Waals surface area contributed by atoms with Gasteiger partial charge in [-0.05, 0) is 10.4 Å². The van der Waals surface area contributed by atoms with Crippen LogP contribution in [0.15, 0.2) is 20.7 Å². The summed E-state index contributed by atoms with van der Waals surface area (Å²) in [6.45, 7) is 0.417. The summed E-state index contributed by atoms with van der Waals surface area (Å²) in [7, 11) is 0. The highest BCUT2D eigenvalue weighted by molar-refractivity contribution is 4.30. The molecule has 5 heteroatoms. The van der Waals surface area contributed by atoms with Gasteiger partial charge in [0.15, 0.2) is 6.67 Å². The molecule has 0 fully saturated rings. The maximum atomic E-state index is 3.38. The second kappa shape index (κ2) is 2.37. The quantitative estimate of drug-likeness (QED) is 0.425. The van der Waals surface area contributed by atoms with Crippen LogP contribution in [0.2, 0.25) is 0 Å². The van der Waals surface area contributed by atoms with Crippen molar-refractivity contribution >= 4 is 0 Å². The van der Waals surface area contributed by atoms with Gasteiger partial charge in [0.1, 0.15) is 0 Å². The summed E-state index contributed by atoms with van der Waals surface area (Å²) in [6.07, 6.45) is 0. The Bertz CT molecular complexity index is 65.6. The third kappa shape index (κ3) is 0.833. The Morgan fingerprint density at radius 2 is 1.50 bits per heavy atom. The van der Waals surface area contributed by atoms with Crippen molar-refractivity contribution in [3.63, 3.8) is 0 Å². The molecule has 0 unspecified atom stereocenters. The Kier molecular flexibility index (Phi) is 2.03. The Balaban J connectivity index is 0.000000250. The summed E-state index contributed by atoms with van der Waals surface area (Å²) < 4.78 is 0. The normalized spacial score (nSPS) is 14.7. The van der Waals surface area contributed by atoms with Gasteiger partial charge < -0.3 is 0 Å². The first-order chi connectivity index (χ1) is 2.50. The molecule has 0 radical (unpaired) electrons. The summed E-state index contributed by atoms with van der Waals surface area (Å²) in [5.41, 5.74) is 0. The Morgan fingerprint density at radius 3 is 1.67 bits per heavy atom. The SMILES string of the molecule is C1N=NN=N1.F. The van der Waals surface area contributed by atoms with E-state index in [0.717, 1.165) is 0 Å². The van der Waals surface area contributed by atoms with E-state index in [1.165, 1.54) is 0 Å². The molecule has 0 N–H and O–H groups in total. The second-order valence-electron chi connectivity index (χ2n) is 0.603. The fourth-order valence-corrected chi connectivity index (χ4v) is 0.141. The van der Waals surface area contributed by atoms with E-state index >= 15 is 0 Å². The van der Waals surface area contributed by atoms with Gasteiger partial charge in [0.2, 0.25) is 0 Å². The van der Waals surface area contributed by atoms with Crippen LogP contribution >= 0.6 is 0 Å². The van der Waals surface area contributed by atoms with Crippen molar-refractivity contribution in [1.82, 2.24) is 0 Å². The number of rotatable bonds is 0. The number of hydrogen-bond acceptors (Lipinski definition) is 4. The predicted octanol–water partition coefficient (Wildman–Crippen LogP) is 0.929. The molecule has 1 heterocycles. The molecule has 0 atom stereocenters. The van der Waals surface area contributed by atoms with E-state index in [1.807, 2.05) is 0 Å². The molecule has 4 nitrogen and oxygen atoms in total. The standard InChI is InChI=1S/CH2N4.FH/c1-2-4-5-3-1;/h1H2;1H. The van der Waals surface area contributed by atoms with E-state index in [2.05, 4.69) is 20.7 Å². The highest BCUT2D eigenvalue weighted by atomic mass is 19.0. The summed E-state index contributed by atoms with van der Waals surface area (Å²) in [5.74, 6) is 0. The lowest BCUT2D eigenvalue weighted by Crippen LogP contribution is -1.52. The molecule has 0 spiro atoms. The fourth-order valence-electron chi connectivity index (χ4n) is 0.141. The summed E-state index contributed by atoms with van der Waals surface area (Å²) in [6, 6.07) is 0. The van der Waals surface area contributed by atoms with Gasteiger partial charge in [0, 0.05) is 0 Å². The zero-order chi connectivity index (χ0) is 3.54. The van der Waals surface area contributed by atoms with Gasteiger partial charge in [-0.1, -0.05) is 0 Å². The lowest BCUT2D eigenvalue weighted by molar-refractivity contribution is 1.05. The lowest BCUT2D eigenvalue weighted by atomic mass is 11.2. The molecule has 0 bridgehead atoms. The number of halogens is 1. The monoisotopic (exact) mass is 90.0 g/mol. The van der Waals surface area contributed by atoms with E-state index in [0.29, 0.717) is 6.67 Å². The smallest absolute Gasteiger partial charge is 0.175 e. The van der Waals surface area contributed by atoms with Crippen molar-refractivity contribution in [2.75, 3.05) is 6.67 Å². The molecule has 0 aromatic heterocycles. The van der Waals surface area contributed by atoms with Gasteiger partial charge in [-0.3, -0.25) is 4.70 Å². The van der Waals surface area contributed by atoms with Crippen molar-refractivity contribution in [3.05, 3.63) is 0 Å². The van der Waals surface area contributed by atoms with Crippen LogP contribution in [-0.2, 0) is 0 Å². The third-order valence-electron chi connectivity index (χ3n) is 0.293. The van der Waals surface area contributed by atoms with Crippen molar-refractivity contribution in [2.24, 2.45) is 20.7 Å². The predicted molar refractivity (Wildman–Crippen MR) is 17.1 cm³/mol. The second-order valence-corrected chi connectivity index (χ2v) is 0.603. The zero-order valence-electron chi connectivity index (χ0n) is 2.90. The molecule has 1 rings (SSSR count). The van der Waals surface area contributed by atoms with Crippen LogP contribution in [0.3, 0.4) is 0 Å². The van der Waals surface area contributed by atoms with Crippen LogP contribution in [-0.4, -0.2) is 6.67 Å². The van der Waals surface area contributed by atoms with Gasteiger partial charge in [0.05, 0.1) is 0 Å². The molecule has 0 aromatic rings. The highest BCUT2D eigenvalue weighted by Gasteiger charge is 1.76. The van der Waals surface area contributed by atoms with Crippen LogP contribution in [0.25, 0.3) is 0 Å². The molecule has 0 amide bonds. The van der Waals surface area contributed by atoms with E-state index < -0.39 is 0 Å². The molecule has 34 valence electrons. The molecular weight excluding hydrogens is 87.0 g/mol. The third-order valence-corrected chi connectivity index (χ3v) is 0.293. The van der Waals surface area contributed by atoms with Crippen LogP contribution in [0.4, 0.5) is 4.70 Å². The minimum atomic E-state index is 0. The minimum Gasteiger partial charge on any atom is -0.269 e. The summed E-state index contributed by atoms with van der Waals surface area (Å²) >= 11 is 0. The van der Waals surface area contributed by atoms with E-state index in [4.69, 9.17) is 0 Å². The van der Waals surface area contributed by atoms with E-state index in [-0.39, 0.29) is 4.70 Å². The maximum absolute atomic E-state index is 3.38. The van der Waals surface area contributed by atoms with E-state index in [1.54, 1.807) is 0 Å². The molecule has 0 saturated carbocycles. The molecule has 6 heavy (non-hydrogen) atoms. The van der Waals surface area contributed by atoms with Crippen LogP contribution in [0, 0.1) is 0 Å². The summed E-state index contributed by atoms with van der Waals surface area (Å²) in [4.78, 5) is 0. The first-order valence-electron chi connectivity index (χ1n) is 1.23. The van der Waals surface area contributed by atoms with Gasteiger partial charge in [0.25, 0.3) is 0 Å². The maximum Gasteiger partial charge on any atom is 0.175 e. The van der Waals surface area contributed by atoms with Crippen molar-refractivity contribution in [2.45, 2.75) is 0 Å². The molecular formula is CH3FN4. The Hall–Kier alpha value is -0.870. The van der Waals surface area contributed by atoms with E-state index in [9.17, 15) is 0 Å². The van der Waals surface area contributed by atoms with Crippen molar-refractivity contribution in [3.8, 4) is 0 Å². The first-order valence-corrected chi connectivity index (χ1v) is 1.23. The highest BCUT2D eigenvalue weighted by Crippen LogP contribution is 1.87. The van der Waals surface area contributed by atoms with Gasteiger partial charge in [-0.15, -0.1) is 10.2 Å². The largest absolute Gasteiger partial charge is 0.269 e. The molecule has 1 aliphatic rings. The average molecular weight is 90.1 g/mol. The Labute approximate surface area is 33.3 Å². The fraction of sp³-hybridized carbons (Fsp3) is 1.00. The van der Waals surface area contributed by atoms with Gasteiger partial charge >= 0.3 is 0 Å². The molecule has 0 aromatic carbocycles. The summed E-state index contributed by atoms with van der Waals surface area (Å²) in [5, 5.41) is 13.1. The Morgan fingerprint density at radius 1 is 1.00 bits per heavy atom. The molecule has 0 saturated heterocycles. The van der Waals surface area contributed by atoms with Crippen LogP contribution in [0.5, 0.6) is 0 Å². The lowest BCUT2D eigenvalue weighted by Gasteiger charge is -1.52. The van der Waals surface area contributed by atoms with Crippen molar-refractivity contribution < 1.29 is 4.70 Å². The number of hydrogen-bond donors (Lipinski definition) is 0. The molecule has 1 aliphatic heterocycles. The number of nitrogens with zero attached hydrogens (tertiary/aromatic N) is 4. The molecule has 0 aliphatic carbocycles. The zero-order valence-corrected chi connectivity index (χ0v) is 2.90. The van der Waals surface area contributed by atoms with Crippen LogP contribution < -0.4 is 0 Å². The van der Waals surface area contributed by atoms with Gasteiger partial charge in [-0.2, -0.15) is 0 Å². The minimum absolute atomic E-state index is 0. The van der Waals surface area contributed by atoms with Crippen molar-refractivity contribution in [1.29, 1.82) is 0 Å². The first kappa shape index (κ1) is 5.13. The van der Waals surface area contributed by atoms with Crippen LogP contribution in [0.1, 0.15) is 0 Å². The van der Waals surface area contributed by atoms with Gasteiger partial charge in [-0.25, -0.2) is 0 Å². The average Bonchev–Trinajstić information content (AvgIpc) is 1.76.